The number of carbonyl (C=O) groups excluding carboxylic acids is 1. The molecule has 2 aromatic heterocycles. The Balaban J connectivity index is 1.55. The summed E-state index contributed by atoms with van der Waals surface area (Å²) in [5.41, 5.74) is 5.43. The molecule has 0 saturated carbocycles. The third-order valence-electron chi connectivity index (χ3n) is 5.14. The van der Waals surface area contributed by atoms with Crippen LogP contribution in [0.5, 0.6) is 0 Å². The first kappa shape index (κ1) is 21.1. The van der Waals surface area contributed by atoms with Crippen molar-refractivity contribution >= 4 is 34.5 Å². The molecule has 0 fully saturated rings. The molecule has 2 aromatic carbocycles. The number of thiazole rings is 1. The molecule has 4 rings (SSSR count). The SMILES string of the molecule is Cc1ccc(NC(=O)Cc2c(C)[nH]n(-c3nc(-c4ccc(Cl)cc4)cs3)c2=O)cc1C. The van der Waals surface area contributed by atoms with Crippen LogP contribution in [0.15, 0.2) is 52.6 Å². The van der Waals surface area contributed by atoms with Crippen LogP contribution in [0, 0.1) is 20.8 Å². The van der Waals surface area contributed by atoms with Crippen molar-refractivity contribution in [3.05, 3.63) is 85.6 Å². The smallest absolute Gasteiger partial charge is 0.277 e. The molecule has 0 saturated heterocycles. The quantitative estimate of drug-likeness (QED) is 0.444. The van der Waals surface area contributed by atoms with Crippen LogP contribution in [0.4, 0.5) is 5.69 Å². The zero-order valence-corrected chi connectivity index (χ0v) is 18.9. The maximum absolute atomic E-state index is 13.0. The van der Waals surface area contributed by atoms with Crippen molar-refractivity contribution in [2.45, 2.75) is 27.2 Å². The molecule has 2 N–H and O–H groups in total. The lowest BCUT2D eigenvalue weighted by atomic mass is 10.1. The fourth-order valence-corrected chi connectivity index (χ4v) is 4.15. The Labute approximate surface area is 188 Å². The topological polar surface area (TPSA) is 79.8 Å². The Morgan fingerprint density at radius 1 is 1.13 bits per heavy atom. The summed E-state index contributed by atoms with van der Waals surface area (Å²) in [5, 5.41) is 8.95. The molecule has 0 aliphatic heterocycles. The Bertz CT molecular complexity index is 1320. The number of benzene rings is 2. The lowest BCUT2D eigenvalue weighted by Crippen LogP contribution is -2.22. The Morgan fingerprint density at radius 2 is 1.87 bits per heavy atom. The molecule has 31 heavy (non-hydrogen) atoms. The molecular formula is C23H21ClN4O2S. The number of hydrogen-bond acceptors (Lipinski definition) is 4. The van der Waals surface area contributed by atoms with Gasteiger partial charge in [0.2, 0.25) is 11.0 Å². The van der Waals surface area contributed by atoms with Gasteiger partial charge in [-0.25, -0.2) is 4.98 Å². The van der Waals surface area contributed by atoms with Gasteiger partial charge in [-0.2, -0.15) is 4.68 Å². The summed E-state index contributed by atoms with van der Waals surface area (Å²) >= 11 is 7.30. The van der Waals surface area contributed by atoms with Gasteiger partial charge in [-0.15, -0.1) is 11.3 Å². The van der Waals surface area contributed by atoms with E-state index in [-0.39, 0.29) is 17.9 Å². The summed E-state index contributed by atoms with van der Waals surface area (Å²) in [7, 11) is 0. The number of aromatic amines is 1. The minimum Gasteiger partial charge on any atom is -0.326 e. The van der Waals surface area contributed by atoms with Crippen molar-refractivity contribution in [1.82, 2.24) is 14.8 Å². The molecule has 6 nitrogen and oxygen atoms in total. The molecule has 0 radical (unpaired) electrons. The summed E-state index contributed by atoms with van der Waals surface area (Å²) in [6.45, 7) is 5.79. The average molecular weight is 453 g/mol. The lowest BCUT2D eigenvalue weighted by Gasteiger charge is -2.07. The number of nitrogens with zero attached hydrogens (tertiary/aromatic N) is 2. The maximum atomic E-state index is 13.0. The molecule has 4 aromatic rings. The van der Waals surface area contributed by atoms with Crippen molar-refractivity contribution in [2.24, 2.45) is 0 Å². The third-order valence-corrected chi connectivity index (χ3v) is 6.22. The summed E-state index contributed by atoms with van der Waals surface area (Å²) in [6, 6.07) is 13.1. The van der Waals surface area contributed by atoms with E-state index >= 15 is 0 Å². The fraction of sp³-hybridized carbons (Fsp3) is 0.174. The highest BCUT2D eigenvalue weighted by Crippen LogP contribution is 2.25. The molecule has 0 bridgehead atoms. The van der Waals surface area contributed by atoms with Gasteiger partial charge in [0.05, 0.1) is 12.1 Å². The van der Waals surface area contributed by atoms with Crippen molar-refractivity contribution < 1.29 is 4.79 Å². The van der Waals surface area contributed by atoms with Gasteiger partial charge in [0.15, 0.2) is 0 Å². The Morgan fingerprint density at radius 3 is 2.58 bits per heavy atom. The fourth-order valence-electron chi connectivity index (χ4n) is 3.23. The van der Waals surface area contributed by atoms with Crippen LogP contribution >= 0.6 is 22.9 Å². The highest BCUT2D eigenvalue weighted by atomic mass is 35.5. The van der Waals surface area contributed by atoms with E-state index in [1.165, 1.54) is 16.0 Å². The number of amides is 1. The molecule has 0 aliphatic rings. The Kier molecular flexibility index (Phi) is 5.80. The predicted molar refractivity (Wildman–Crippen MR) is 125 cm³/mol. The molecule has 0 spiro atoms. The van der Waals surface area contributed by atoms with Crippen molar-refractivity contribution in [3.63, 3.8) is 0 Å². The second-order valence-electron chi connectivity index (χ2n) is 7.40. The number of anilines is 1. The molecule has 0 atom stereocenters. The normalized spacial score (nSPS) is 11.0. The summed E-state index contributed by atoms with van der Waals surface area (Å²) in [6.07, 6.45) is -0.0174. The van der Waals surface area contributed by atoms with Gasteiger partial charge in [-0.05, 0) is 56.2 Å². The Hall–Kier alpha value is -3.16. The van der Waals surface area contributed by atoms with Crippen LogP contribution < -0.4 is 10.9 Å². The van der Waals surface area contributed by atoms with E-state index in [1.54, 1.807) is 19.1 Å². The lowest BCUT2D eigenvalue weighted by molar-refractivity contribution is -0.115. The number of rotatable bonds is 5. The highest BCUT2D eigenvalue weighted by Gasteiger charge is 2.18. The van der Waals surface area contributed by atoms with Gasteiger partial charge >= 0.3 is 0 Å². The van der Waals surface area contributed by atoms with Gasteiger partial charge in [0.1, 0.15) is 0 Å². The van der Waals surface area contributed by atoms with Crippen LogP contribution in [-0.2, 0) is 11.2 Å². The average Bonchev–Trinajstić information content (AvgIpc) is 3.32. The van der Waals surface area contributed by atoms with Crippen molar-refractivity contribution in [1.29, 1.82) is 0 Å². The molecule has 0 aliphatic carbocycles. The minimum absolute atomic E-state index is 0.0174. The van der Waals surface area contributed by atoms with E-state index in [9.17, 15) is 9.59 Å². The van der Waals surface area contributed by atoms with Crippen LogP contribution in [0.1, 0.15) is 22.4 Å². The number of aromatic nitrogens is 3. The van der Waals surface area contributed by atoms with E-state index in [0.29, 0.717) is 27.1 Å². The van der Waals surface area contributed by atoms with Crippen LogP contribution in [0.25, 0.3) is 16.4 Å². The molecule has 2 heterocycles. The zero-order valence-electron chi connectivity index (χ0n) is 17.3. The van der Waals surface area contributed by atoms with Gasteiger partial charge in [0.25, 0.3) is 5.56 Å². The van der Waals surface area contributed by atoms with Gasteiger partial charge in [0, 0.05) is 32.9 Å². The van der Waals surface area contributed by atoms with Gasteiger partial charge < -0.3 is 5.32 Å². The van der Waals surface area contributed by atoms with E-state index < -0.39 is 0 Å². The summed E-state index contributed by atoms with van der Waals surface area (Å²) in [5.74, 6) is -0.240. The molecule has 8 heteroatoms. The monoisotopic (exact) mass is 452 g/mol. The van der Waals surface area contributed by atoms with E-state index in [2.05, 4.69) is 15.4 Å². The zero-order chi connectivity index (χ0) is 22.1. The molecule has 158 valence electrons. The summed E-state index contributed by atoms with van der Waals surface area (Å²) < 4.78 is 1.39. The standard InChI is InChI=1S/C23H21ClN4O2S/c1-13-4-9-18(10-14(13)2)25-21(29)11-19-15(3)27-28(22(19)30)23-26-20(12-31-23)16-5-7-17(24)8-6-16/h4-10,12,27H,11H2,1-3H3,(H,25,29). The summed E-state index contributed by atoms with van der Waals surface area (Å²) in [4.78, 5) is 30.1. The van der Waals surface area contributed by atoms with Crippen LogP contribution in [-0.4, -0.2) is 20.7 Å². The molecule has 0 unspecified atom stereocenters. The largest absolute Gasteiger partial charge is 0.326 e. The number of nitrogens with one attached hydrogen (secondary N) is 2. The van der Waals surface area contributed by atoms with Gasteiger partial charge in [-0.3, -0.25) is 14.7 Å². The van der Waals surface area contributed by atoms with Crippen molar-refractivity contribution in [3.8, 4) is 16.4 Å². The molecule has 1 amide bonds. The van der Waals surface area contributed by atoms with E-state index in [4.69, 9.17) is 11.6 Å². The van der Waals surface area contributed by atoms with Crippen LogP contribution in [0.2, 0.25) is 5.02 Å². The molecular weight excluding hydrogens is 432 g/mol. The number of halogens is 1. The first-order valence-corrected chi connectivity index (χ1v) is 11.0. The first-order chi connectivity index (χ1) is 14.8. The number of hydrogen-bond donors (Lipinski definition) is 2. The number of H-pyrrole nitrogens is 1. The maximum Gasteiger partial charge on any atom is 0.277 e. The van der Waals surface area contributed by atoms with E-state index in [1.807, 2.05) is 49.6 Å². The first-order valence-electron chi connectivity index (χ1n) is 9.71. The number of carbonyl (C=O) groups is 1. The second kappa shape index (κ2) is 8.53. The van der Waals surface area contributed by atoms with Gasteiger partial charge in [-0.1, -0.05) is 29.8 Å². The van der Waals surface area contributed by atoms with Crippen molar-refractivity contribution in [2.75, 3.05) is 5.32 Å². The van der Waals surface area contributed by atoms with Crippen LogP contribution in [0.3, 0.4) is 0 Å². The number of aryl methyl sites for hydroxylation is 3. The minimum atomic E-state index is -0.273. The van der Waals surface area contributed by atoms with E-state index in [0.717, 1.165) is 22.4 Å². The predicted octanol–water partition coefficient (Wildman–Crippen LogP) is 5.05. The second-order valence-corrected chi connectivity index (χ2v) is 8.68. The third kappa shape index (κ3) is 4.47. The highest BCUT2D eigenvalue weighted by molar-refractivity contribution is 7.12.